The van der Waals surface area contributed by atoms with Crippen LogP contribution in [-0.4, -0.2) is 39.6 Å². The van der Waals surface area contributed by atoms with Crippen LogP contribution in [0.4, 0.5) is 0 Å². The van der Waals surface area contributed by atoms with Crippen LogP contribution < -0.4 is 0 Å². The molecule has 1 fully saturated rings. The van der Waals surface area contributed by atoms with Gasteiger partial charge < -0.3 is 10.0 Å². The summed E-state index contributed by atoms with van der Waals surface area (Å²) in [6.45, 7) is 2.45. The van der Waals surface area contributed by atoms with E-state index < -0.39 is 5.60 Å². The van der Waals surface area contributed by atoms with Gasteiger partial charge in [-0.25, -0.2) is 4.98 Å². The lowest BCUT2D eigenvalue weighted by atomic mass is 9.96. The fraction of sp³-hybridized carbons (Fsp3) is 0.400. The van der Waals surface area contributed by atoms with Crippen molar-refractivity contribution in [2.24, 2.45) is 0 Å². The van der Waals surface area contributed by atoms with Crippen molar-refractivity contribution < 1.29 is 9.90 Å². The number of β-amino-alcohol motifs (C(OH)–C–C–N with tert-alkyl or cyclic N) is 1. The van der Waals surface area contributed by atoms with Crippen molar-refractivity contribution in [3.8, 4) is 0 Å². The molecule has 1 aromatic rings. The van der Waals surface area contributed by atoms with Gasteiger partial charge in [-0.05, 0) is 35.0 Å². The van der Waals surface area contributed by atoms with Gasteiger partial charge in [0, 0.05) is 10.7 Å². The lowest BCUT2D eigenvalue weighted by Gasteiger charge is -2.43. The summed E-state index contributed by atoms with van der Waals surface area (Å²) in [4.78, 5) is 17.4. The van der Waals surface area contributed by atoms with Crippen molar-refractivity contribution in [2.45, 2.75) is 12.5 Å². The quantitative estimate of drug-likeness (QED) is 0.830. The molecule has 0 aliphatic carbocycles. The van der Waals surface area contributed by atoms with Crippen LogP contribution in [0.1, 0.15) is 17.4 Å². The Morgan fingerprint density at radius 2 is 2.33 bits per heavy atom. The molecule has 15 heavy (non-hydrogen) atoms. The fourth-order valence-electron chi connectivity index (χ4n) is 1.61. The summed E-state index contributed by atoms with van der Waals surface area (Å²) in [5, 5.41) is 9.52. The van der Waals surface area contributed by atoms with Gasteiger partial charge in [0.1, 0.15) is 5.69 Å². The molecule has 1 aliphatic rings. The minimum atomic E-state index is -0.739. The number of rotatable bonds is 1. The summed E-state index contributed by atoms with van der Waals surface area (Å²) in [7, 11) is 0. The zero-order chi connectivity index (χ0) is 11.1. The monoisotopic (exact) mass is 270 g/mol. The van der Waals surface area contributed by atoms with E-state index >= 15 is 0 Å². The van der Waals surface area contributed by atoms with Gasteiger partial charge in [-0.15, -0.1) is 0 Å². The second-order valence-corrected chi connectivity index (χ2v) is 4.85. The maximum atomic E-state index is 11.9. The average molecular weight is 271 g/mol. The van der Waals surface area contributed by atoms with Gasteiger partial charge >= 0.3 is 0 Å². The van der Waals surface area contributed by atoms with Crippen LogP contribution in [0.25, 0.3) is 0 Å². The minimum Gasteiger partial charge on any atom is -0.386 e. The van der Waals surface area contributed by atoms with E-state index in [9.17, 15) is 9.90 Å². The van der Waals surface area contributed by atoms with Crippen molar-refractivity contribution in [2.75, 3.05) is 13.1 Å². The van der Waals surface area contributed by atoms with E-state index in [-0.39, 0.29) is 5.91 Å². The van der Waals surface area contributed by atoms with Crippen LogP contribution in [0.5, 0.6) is 0 Å². The van der Waals surface area contributed by atoms with Gasteiger partial charge in [-0.2, -0.15) is 0 Å². The summed E-state index contributed by atoms with van der Waals surface area (Å²) >= 11 is 3.27. The summed E-state index contributed by atoms with van der Waals surface area (Å²) in [6, 6.07) is 3.53. The highest BCUT2D eigenvalue weighted by Gasteiger charge is 2.40. The third-order valence-corrected chi connectivity index (χ3v) is 2.95. The number of amides is 1. The molecule has 0 bridgehead atoms. The first kappa shape index (κ1) is 10.6. The van der Waals surface area contributed by atoms with E-state index in [4.69, 9.17) is 0 Å². The Balaban J connectivity index is 2.14. The van der Waals surface area contributed by atoms with Crippen molar-refractivity contribution in [3.63, 3.8) is 0 Å². The molecule has 1 N–H and O–H groups in total. The summed E-state index contributed by atoms with van der Waals surface area (Å²) in [5.41, 5.74) is -0.343. The molecule has 0 unspecified atom stereocenters. The number of carbonyl (C=O) groups excluding carboxylic acids is 1. The van der Waals surface area contributed by atoms with Crippen LogP contribution >= 0.6 is 15.9 Å². The van der Waals surface area contributed by atoms with Crippen LogP contribution in [0.2, 0.25) is 0 Å². The molecular weight excluding hydrogens is 260 g/mol. The third-order valence-electron chi connectivity index (χ3n) is 2.31. The predicted molar refractivity (Wildman–Crippen MR) is 58.5 cm³/mol. The maximum absolute atomic E-state index is 11.9. The molecule has 1 saturated heterocycles. The number of pyridine rings is 1. The van der Waals surface area contributed by atoms with Crippen LogP contribution in [-0.2, 0) is 0 Å². The Labute approximate surface area is 96.1 Å². The Bertz CT molecular complexity index is 398. The predicted octanol–water partition coefficient (Wildman–Crippen LogP) is 1.05. The molecule has 0 saturated carbocycles. The molecule has 2 rings (SSSR count). The Kier molecular flexibility index (Phi) is 2.52. The normalized spacial score (nSPS) is 18.5. The van der Waals surface area contributed by atoms with E-state index in [0.29, 0.717) is 23.3 Å². The van der Waals surface area contributed by atoms with E-state index in [1.54, 1.807) is 30.2 Å². The van der Waals surface area contributed by atoms with E-state index in [2.05, 4.69) is 20.9 Å². The van der Waals surface area contributed by atoms with Gasteiger partial charge in [-0.3, -0.25) is 4.79 Å². The first-order valence-electron chi connectivity index (χ1n) is 4.62. The molecule has 1 aromatic heterocycles. The molecule has 0 radical (unpaired) electrons. The number of likely N-dealkylation sites (tertiary alicyclic amines) is 1. The smallest absolute Gasteiger partial charge is 0.273 e. The number of hydrogen-bond acceptors (Lipinski definition) is 3. The van der Waals surface area contributed by atoms with Gasteiger partial charge in [0.05, 0.1) is 18.7 Å². The standard InChI is InChI=1S/C10H11BrN2O2/c1-10(15)5-13(6-10)9(14)8-7(11)3-2-4-12-8/h2-4,15H,5-6H2,1H3. The molecule has 1 amide bonds. The molecule has 5 heteroatoms. The highest BCUT2D eigenvalue weighted by Crippen LogP contribution is 2.23. The van der Waals surface area contributed by atoms with Crippen molar-refractivity contribution in [1.29, 1.82) is 0 Å². The number of nitrogens with zero attached hydrogens (tertiary/aromatic N) is 2. The van der Waals surface area contributed by atoms with Crippen LogP contribution in [0, 0.1) is 0 Å². The van der Waals surface area contributed by atoms with Crippen molar-refractivity contribution >= 4 is 21.8 Å². The number of carbonyl (C=O) groups is 1. The van der Waals surface area contributed by atoms with Gasteiger partial charge in [0.2, 0.25) is 0 Å². The highest BCUT2D eigenvalue weighted by atomic mass is 79.9. The molecule has 80 valence electrons. The van der Waals surface area contributed by atoms with Crippen LogP contribution in [0.15, 0.2) is 22.8 Å². The van der Waals surface area contributed by atoms with E-state index in [1.807, 2.05) is 0 Å². The molecule has 0 spiro atoms. The van der Waals surface area contributed by atoms with E-state index in [1.165, 1.54) is 0 Å². The molecule has 1 aliphatic heterocycles. The topological polar surface area (TPSA) is 53.4 Å². The Morgan fingerprint density at radius 3 is 2.87 bits per heavy atom. The lowest BCUT2D eigenvalue weighted by molar-refractivity contribution is -0.0671. The van der Waals surface area contributed by atoms with Crippen molar-refractivity contribution in [1.82, 2.24) is 9.88 Å². The largest absolute Gasteiger partial charge is 0.386 e. The third kappa shape index (κ3) is 2.03. The Hall–Kier alpha value is -0.940. The SMILES string of the molecule is CC1(O)CN(C(=O)c2ncccc2Br)C1. The molecule has 2 heterocycles. The summed E-state index contributed by atoms with van der Waals surface area (Å²) < 4.78 is 0.682. The van der Waals surface area contributed by atoms with Gasteiger partial charge in [0.15, 0.2) is 0 Å². The molecule has 0 aromatic carbocycles. The minimum absolute atomic E-state index is 0.144. The molecule has 0 atom stereocenters. The second kappa shape index (κ2) is 3.57. The second-order valence-electron chi connectivity index (χ2n) is 3.99. The number of aromatic nitrogens is 1. The number of halogens is 1. The fourth-order valence-corrected chi connectivity index (χ4v) is 2.04. The zero-order valence-electron chi connectivity index (χ0n) is 8.27. The number of hydrogen-bond donors (Lipinski definition) is 1. The summed E-state index contributed by atoms with van der Waals surface area (Å²) in [6.07, 6.45) is 1.58. The lowest BCUT2D eigenvalue weighted by Crippen LogP contribution is -2.61. The summed E-state index contributed by atoms with van der Waals surface area (Å²) in [5.74, 6) is -0.144. The van der Waals surface area contributed by atoms with E-state index in [0.717, 1.165) is 0 Å². The first-order valence-corrected chi connectivity index (χ1v) is 5.41. The highest BCUT2D eigenvalue weighted by molar-refractivity contribution is 9.10. The molecule has 4 nitrogen and oxygen atoms in total. The first-order chi connectivity index (χ1) is 6.99. The van der Waals surface area contributed by atoms with Crippen LogP contribution in [0.3, 0.4) is 0 Å². The van der Waals surface area contributed by atoms with Gasteiger partial charge in [-0.1, -0.05) is 0 Å². The average Bonchev–Trinajstić information content (AvgIpc) is 2.14. The molecular formula is C10H11BrN2O2. The zero-order valence-corrected chi connectivity index (χ0v) is 9.86. The maximum Gasteiger partial charge on any atom is 0.273 e. The Morgan fingerprint density at radius 1 is 1.67 bits per heavy atom. The van der Waals surface area contributed by atoms with Crippen molar-refractivity contribution in [3.05, 3.63) is 28.5 Å². The van der Waals surface area contributed by atoms with Gasteiger partial charge in [0.25, 0.3) is 5.91 Å². The number of aliphatic hydroxyl groups is 1.